The standard InChI is InChI=1S/C17H16Cl2N6/c1-25(2)12-8-6-11(7-9-12)21-17-23-15(10-20-24-17)22-16-13(18)4-3-5-14(16)19/h3-10H,1-2H3,(H2,21,22,23,24). The van der Waals surface area contributed by atoms with Crippen LogP contribution in [-0.4, -0.2) is 29.3 Å². The first-order chi connectivity index (χ1) is 12.0. The fourth-order valence-corrected chi connectivity index (χ4v) is 2.63. The minimum atomic E-state index is 0.366. The summed E-state index contributed by atoms with van der Waals surface area (Å²) in [5.41, 5.74) is 2.54. The number of hydrogen-bond acceptors (Lipinski definition) is 6. The minimum absolute atomic E-state index is 0.366. The predicted octanol–water partition coefficient (Wildman–Crippen LogP) is 4.73. The minimum Gasteiger partial charge on any atom is -0.378 e. The summed E-state index contributed by atoms with van der Waals surface area (Å²) < 4.78 is 0. The van der Waals surface area contributed by atoms with Crippen molar-refractivity contribution < 1.29 is 0 Å². The average molecular weight is 375 g/mol. The molecule has 2 N–H and O–H groups in total. The maximum Gasteiger partial charge on any atom is 0.249 e. The number of para-hydroxylation sites is 1. The van der Waals surface area contributed by atoms with Gasteiger partial charge in [0.1, 0.15) is 0 Å². The predicted molar refractivity (Wildman–Crippen MR) is 104 cm³/mol. The van der Waals surface area contributed by atoms with Crippen molar-refractivity contribution in [2.24, 2.45) is 0 Å². The topological polar surface area (TPSA) is 66.0 Å². The number of anilines is 5. The second-order valence-electron chi connectivity index (χ2n) is 5.45. The van der Waals surface area contributed by atoms with Crippen LogP contribution in [0.2, 0.25) is 10.0 Å². The maximum atomic E-state index is 6.16. The monoisotopic (exact) mass is 374 g/mol. The summed E-state index contributed by atoms with van der Waals surface area (Å²) in [7, 11) is 3.98. The highest BCUT2D eigenvalue weighted by atomic mass is 35.5. The molecule has 3 rings (SSSR count). The molecular weight excluding hydrogens is 359 g/mol. The maximum absolute atomic E-state index is 6.16. The number of halogens is 2. The van der Waals surface area contributed by atoms with Crippen molar-refractivity contribution in [1.82, 2.24) is 15.2 Å². The SMILES string of the molecule is CN(C)c1ccc(Nc2nncc(Nc3c(Cl)cccc3Cl)n2)cc1. The summed E-state index contributed by atoms with van der Waals surface area (Å²) in [4.78, 5) is 6.41. The van der Waals surface area contributed by atoms with Crippen molar-refractivity contribution in [2.75, 3.05) is 29.6 Å². The molecule has 0 bridgehead atoms. The van der Waals surface area contributed by atoms with Gasteiger partial charge in [-0.15, -0.1) is 5.10 Å². The number of aromatic nitrogens is 3. The average Bonchev–Trinajstić information content (AvgIpc) is 2.59. The molecule has 8 heteroatoms. The summed E-state index contributed by atoms with van der Waals surface area (Å²) in [5.74, 6) is 0.850. The molecule has 3 aromatic rings. The van der Waals surface area contributed by atoms with Crippen LogP contribution in [-0.2, 0) is 0 Å². The largest absolute Gasteiger partial charge is 0.378 e. The highest BCUT2D eigenvalue weighted by Gasteiger charge is 2.08. The normalized spacial score (nSPS) is 10.4. The summed E-state index contributed by atoms with van der Waals surface area (Å²) in [5, 5.41) is 15.1. The zero-order chi connectivity index (χ0) is 17.8. The number of hydrogen-bond donors (Lipinski definition) is 2. The van der Waals surface area contributed by atoms with Gasteiger partial charge in [0.05, 0.1) is 21.9 Å². The molecule has 0 unspecified atom stereocenters. The fraction of sp³-hybridized carbons (Fsp3) is 0.118. The van der Waals surface area contributed by atoms with Crippen LogP contribution < -0.4 is 15.5 Å². The summed E-state index contributed by atoms with van der Waals surface area (Å²) in [6, 6.07) is 13.2. The summed E-state index contributed by atoms with van der Waals surface area (Å²) in [6.45, 7) is 0. The van der Waals surface area contributed by atoms with E-state index in [4.69, 9.17) is 23.2 Å². The third kappa shape index (κ3) is 4.29. The van der Waals surface area contributed by atoms with E-state index in [1.165, 1.54) is 6.20 Å². The molecule has 0 amide bonds. The molecule has 2 aromatic carbocycles. The smallest absolute Gasteiger partial charge is 0.249 e. The molecular formula is C17H16Cl2N6. The van der Waals surface area contributed by atoms with Crippen LogP contribution in [0, 0.1) is 0 Å². The molecule has 0 fully saturated rings. The van der Waals surface area contributed by atoms with E-state index < -0.39 is 0 Å². The molecule has 25 heavy (non-hydrogen) atoms. The number of nitrogens with zero attached hydrogens (tertiary/aromatic N) is 4. The number of rotatable bonds is 5. The van der Waals surface area contributed by atoms with Gasteiger partial charge < -0.3 is 15.5 Å². The van der Waals surface area contributed by atoms with Crippen molar-refractivity contribution in [3.05, 3.63) is 58.7 Å². The van der Waals surface area contributed by atoms with E-state index in [-0.39, 0.29) is 0 Å². The molecule has 0 saturated heterocycles. The number of benzene rings is 2. The van der Waals surface area contributed by atoms with Gasteiger partial charge in [-0.05, 0) is 36.4 Å². The zero-order valence-electron chi connectivity index (χ0n) is 13.7. The second-order valence-corrected chi connectivity index (χ2v) is 6.27. The first-order valence-electron chi connectivity index (χ1n) is 7.48. The lowest BCUT2D eigenvalue weighted by molar-refractivity contribution is 0.982. The Morgan fingerprint density at radius 2 is 1.60 bits per heavy atom. The quantitative estimate of drug-likeness (QED) is 0.672. The van der Waals surface area contributed by atoms with Crippen LogP contribution in [0.1, 0.15) is 0 Å². The van der Waals surface area contributed by atoms with E-state index in [0.29, 0.717) is 27.5 Å². The fourth-order valence-electron chi connectivity index (χ4n) is 2.13. The van der Waals surface area contributed by atoms with Gasteiger partial charge in [0.15, 0.2) is 5.82 Å². The molecule has 1 aromatic heterocycles. The van der Waals surface area contributed by atoms with Gasteiger partial charge in [0, 0.05) is 25.5 Å². The third-order valence-corrected chi connectivity index (χ3v) is 4.04. The molecule has 0 saturated carbocycles. The first-order valence-corrected chi connectivity index (χ1v) is 8.24. The van der Waals surface area contributed by atoms with E-state index in [1.54, 1.807) is 18.2 Å². The van der Waals surface area contributed by atoms with E-state index in [9.17, 15) is 0 Å². The van der Waals surface area contributed by atoms with Crippen LogP contribution in [0.5, 0.6) is 0 Å². The van der Waals surface area contributed by atoms with Crippen molar-refractivity contribution >= 4 is 52.0 Å². The van der Waals surface area contributed by atoms with Crippen molar-refractivity contribution in [3.63, 3.8) is 0 Å². The van der Waals surface area contributed by atoms with E-state index in [2.05, 4.69) is 25.8 Å². The van der Waals surface area contributed by atoms with Gasteiger partial charge in [-0.3, -0.25) is 0 Å². The lowest BCUT2D eigenvalue weighted by Gasteiger charge is -2.13. The molecule has 0 radical (unpaired) electrons. The Balaban J connectivity index is 1.77. The Labute approximate surface area is 155 Å². The lowest BCUT2D eigenvalue weighted by atomic mass is 10.2. The lowest BCUT2D eigenvalue weighted by Crippen LogP contribution is -2.08. The Morgan fingerprint density at radius 1 is 0.920 bits per heavy atom. The van der Waals surface area contributed by atoms with Gasteiger partial charge in [-0.25, -0.2) is 0 Å². The summed E-state index contributed by atoms with van der Waals surface area (Å²) >= 11 is 12.3. The van der Waals surface area contributed by atoms with E-state index in [1.807, 2.05) is 43.3 Å². The van der Waals surface area contributed by atoms with Gasteiger partial charge in [0.25, 0.3) is 0 Å². The van der Waals surface area contributed by atoms with E-state index >= 15 is 0 Å². The zero-order valence-corrected chi connectivity index (χ0v) is 15.2. The van der Waals surface area contributed by atoms with Crippen LogP contribution >= 0.6 is 23.2 Å². The Morgan fingerprint density at radius 3 is 2.24 bits per heavy atom. The van der Waals surface area contributed by atoms with Crippen LogP contribution in [0.25, 0.3) is 0 Å². The van der Waals surface area contributed by atoms with Crippen molar-refractivity contribution in [2.45, 2.75) is 0 Å². The summed E-state index contributed by atoms with van der Waals surface area (Å²) in [6.07, 6.45) is 1.50. The highest BCUT2D eigenvalue weighted by molar-refractivity contribution is 6.39. The van der Waals surface area contributed by atoms with Gasteiger partial charge in [-0.1, -0.05) is 29.3 Å². The van der Waals surface area contributed by atoms with Crippen LogP contribution in [0.4, 0.5) is 28.8 Å². The van der Waals surface area contributed by atoms with Crippen LogP contribution in [0.15, 0.2) is 48.7 Å². The molecule has 0 spiro atoms. The second kappa shape index (κ2) is 7.55. The molecule has 0 aliphatic heterocycles. The first kappa shape index (κ1) is 17.3. The van der Waals surface area contributed by atoms with Crippen molar-refractivity contribution in [3.8, 4) is 0 Å². The Bertz CT molecular complexity index is 847. The number of nitrogens with one attached hydrogen (secondary N) is 2. The van der Waals surface area contributed by atoms with Crippen LogP contribution in [0.3, 0.4) is 0 Å². The van der Waals surface area contributed by atoms with E-state index in [0.717, 1.165) is 11.4 Å². The molecule has 0 atom stereocenters. The molecule has 128 valence electrons. The van der Waals surface area contributed by atoms with Crippen molar-refractivity contribution in [1.29, 1.82) is 0 Å². The molecule has 0 aliphatic carbocycles. The van der Waals surface area contributed by atoms with Gasteiger partial charge in [0.2, 0.25) is 5.95 Å². The van der Waals surface area contributed by atoms with Gasteiger partial charge in [-0.2, -0.15) is 10.1 Å². The molecule has 6 nitrogen and oxygen atoms in total. The Kier molecular flexibility index (Phi) is 5.21. The highest BCUT2D eigenvalue weighted by Crippen LogP contribution is 2.32. The molecule has 1 heterocycles. The molecule has 0 aliphatic rings. The third-order valence-electron chi connectivity index (χ3n) is 3.41. The van der Waals surface area contributed by atoms with Gasteiger partial charge >= 0.3 is 0 Å². The Hall–Kier alpha value is -2.57.